The number of pyridine rings is 1. The van der Waals surface area contributed by atoms with Crippen LogP contribution in [0.4, 0.5) is 0 Å². The van der Waals surface area contributed by atoms with Gasteiger partial charge in [-0.1, -0.05) is 25.3 Å². The van der Waals surface area contributed by atoms with Crippen LogP contribution in [0.3, 0.4) is 0 Å². The van der Waals surface area contributed by atoms with Crippen molar-refractivity contribution in [1.29, 1.82) is 0 Å². The highest BCUT2D eigenvalue weighted by Gasteiger charge is 2.28. The topological polar surface area (TPSA) is 85.1 Å². The molecule has 1 aromatic carbocycles. The van der Waals surface area contributed by atoms with Gasteiger partial charge >= 0.3 is 0 Å². The van der Waals surface area contributed by atoms with Crippen LogP contribution in [0.25, 0.3) is 10.9 Å². The number of aromatic nitrogens is 1. The summed E-state index contributed by atoms with van der Waals surface area (Å²) in [6, 6.07) is 8.50. The third kappa shape index (κ3) is 3.54. The van der Waals surface area contributed by atoms with E-state index in [0.29, 0.717) is 23.4 Å². The van der Waals surface area contributed by atoms with E-state index in [-0.39, 0.29) is 10.9 Å². The van der Waals surface area contributed by atoms with E-state index < -0.39 is 10.0 Å². The molecule has 0 aliphatic heterocycles. The van der Waals surface area contributed by atoms with E-state index >= 15 is 0 Å². The Morgan fingerprint density at radius 2 is 1.96 bits per heavy atom. The van der Waals surface area contributed by atoms with Crippen molar-refractivity contribution < 1.29 is 8.42 Å². The summed E-state index contributed by atoms with van der Waals surface area (Å²) < 4.78 is 28.6. The Bertz CT molecular complexity index is 765. The molecule has 1 unspecified atom stereocenters. The van der Waals surface area contributed by atoms with E-state index in [1.165, 1.54) is 6.42 Å². The molecule has 1 aliphatic carbocycles. The average Bonchev–Trinajstić information content (AvgIpc) is 2.60. The summed E-state index contributed by atoms with van der Waals surface area (Å²) in [6.45, 7) is 0.326. The molecule has 6 heteroatoms. The second-order valence-electron chi connectivity index (χ2n) is 6.19. The van der Waals surface area contributed by atoms with Crippen LogP contribution >= 0.6 is 0 Å². The maximum absolute atomic E-state index is 12.9. The number of nitrogens with zero attached hydrogens (tertiary/aromatic N) is 1. The molecular formula is C17H23N3O2S. The second kappa shape index (κ2) is 6.95. The normalized spacial score (nSPS) is 18.1. The molecule has 124 valence electrons. The van der Waals surface area contributed by atoms with E-state index in [1.54, 1.807) is 30.5 Å². The molecule has 1 aliphatic rings. The van der Waals surface area contributed by atoms with Crippen LogP contribution in [0.5, 0.6) is 0 Å². The summed E-state index contributed by atoms with van der Waals surface area (Å²) >= 11 is 0. The van der Waals surface area contributed by atoms with E-state index in [1.807, 2.05) is 6.07 Å². The molecule has 0 radical (unpaired) electrons. The third-order valence-corrected chi connectivity index (χ3v) is 6.22. The first-order valence-electron chi connectivity index (χ1n) is 8.18. The second-order valence-corrected chi connectivity index (χ2v) is 7.87. The first-order valence-corrected chi connectivity index (χ1v) is 9.66. The van der Waals surface area contributed by atoms with Crippen LogP contribution in [0.2, 0.25) is 0 Å². The van der Waals surface area contributed by atoms with Gasteiger partial charge in [0.25, 0.3) is 0 Å². The number of hydrogen-bond donors (Lipinski definition) is 2. The lowest BCUT2D eigenvalue weighted by atomic mass is 9.84. The standard InChI is InChI=1S/C17H23N3O2S/c18-12-16(13-6-2-1-3-7-13)20-23(21,22)17-10-4-9-15-14(17)8-5-11-19-15/h4-5,8-11,13,16,20H,1-3,6-7,12,18H2. The van der Waals surface area contributed by atoms with Crippen molar-refractivity contribution in [1.82, 2.24) is 9.71 Å². The quantitative estimate of drug-likeness (QED) is 0.880. The highest BCUT2D eigenvalue weighted by atomic mass is 32.2. The van der Waals surface area contributed by atoms with E-state index in [4.69, 9.17) is 5.73 Å². The number of nitrogens with one attached hydrogen (secondary N) is 1. The summed E-state index contributed by atoms with van der Waals surface area (Å²) in [5.74, 6) is 0.330. The summed E-state index contributed by atoms with van der Waals surface area (Å²) in [4.78, 5) is 4.50. The molecule has 0 bridgehead atoms. The molecular weight excluding hydrogens is 310 g/mol. The van der Waals surface area contributed by atoms with Gasteiger partial charge in [0.05, 0.1) is 10.4 Å². The minimum atomic E-state index is -3.62. The van der Waals surface area contributed by atoms with Crippen LogP contribution in [0, 0.1) is 5.92 Å². The first kappa shape index (κ1) is 16.4. The SMILES string of the molecule is NCC(NS(=O)(=O)c1cccc2ncccc12)C1CCCCC1. The van der Waals surface area contributed by atoms with Crippen molar-refractivity contribution in [3.05, 3.63) is 36.5 Å². The zero-order valence-electron chi connectivity index (χ0n) is 13.1. The predicted octanol–water partition coefficient (Wildman–Crippen LogP) is 2.42. The van der Waals surface area contributed by atoms with Crippen molar-refractivity contribution in [2.24, 2.45) is 11.7 Å². The van der Waals surface area contributed by atoms with Gasteiger partial charge in [0.1, 0.15) is 0 Å². The Morgan fingerprint density at radius 1 is 1.17 bits per heavy atom. The highest BCUT2D eigenvalue weighted by molar-refractivity contribution is 7.89. The minimum Gasteiger partial charge on any atom is -0.329 e. The fraction of sp³-hybridized carbons (Fsp3) is 0.471. The molecule has 5 nitrogen and oxygen atoms in total. The lowest BCUT2D eigenvalue weighted by Crippen LogP contribution is -2.45. The minimum absolute atomic E-state index is 0.202. The van der Waals surface area contributed by atoms with Crippen molar-refractivity contribution in [3.63, 3.8) is 0 Å². The van der Waals surface area contributed by atoms with Gasteiger partial charge in [-0.2, -0.15) is 0 Å². The van der Waals surface area contributed by atoms with Crippen LogP contribution in [-0.2, 0) is 10.0 Å². The number of hydrogen-bond acceptors (Lipinski definition) is 4. The Balaban J connectivity index is 1.90. The third-order valence-electron chi connectivity index (χ3n) is 4.67. The zero-order valence-corrected chi connectivity index (χ0v) is 13.9. The van der Waals surface area contributed by atoms with Gasteiger partial charge in [-0.05, 0) is 43.0 Å². The number of benzene rings is 1. The molecule has 23 heavy (non-hydrogen) atoms. The number of sulfonamides is 1. The molecule has 0 spiro atoms. The molecule has 1 atom stereocenters. The van der Waals surface area contributed by atoms with Gasteiger partial charge in [-0.15, -0.1) is 0 Å². The molecule has 0 amide bonds. The van der Waals surface area contributed by atoms with Crippen molar-refractivity contribution in [2.45, 2.75) is 43.0 Å². The van der Waals surface area contributed by atoms with Crippen LogP contribution in [-0.4, -0.2) is 26.0 Å². The highest BCUT2D eigenvalue weighted by Crippen LogP contribution is 2.28. The summed E-state index contributed by atoms with van der Waals surface area (Å²) in [7, 11) is -3.62. The molecule has 1 fully saturated rings. The lowest BCUT2D eigenvalue weighted by molar-refractivity contribution is 0.294. The largest absolute Gasteiger partial charge is 0.329 e. The van der Waals surface area contributed by atoms with Crippen molar-refractivity contribution >= 4 is 20.9 Å². The van der Waals surface area contributed by atoms with E-state index in [2.05, 4.69) is 9.71 Å². The predicted molar refractivity (Wildman–Crippen MR) is 91.5 cm³/mol. The van der Waals surface area contributed by atoms with E-state index in [0.717, 1.165) is 25.7 Å². The lowest BCUT2D eigenvalue weighted by Gasteiger charge is -2.30. The Kier molecular flexibility index (Phi) is 4.94. The number of rotatable bonds is 5. The Hall–Kier alpha value is -1.50. The Morgan fingerprint density at radius 3 is 2.70 bits per heavy atom. The van der Waals surface area contributed by atoms with Gasteiger partial charge in [0.2, 0.25) is 10.0 Å². The molecule has 1 heterocycles. The van der Waals surface area contributed by atoms with Gasteiger partial charge in [0, 0.05) is 24.2 Å². The summed E-state index contributed by atoms with van der Waals surface area (Å²) in [6.07, 6.45) is 7.29. The first-order chi connectivity index (χ1) is 11.1. The fourth-order valence-electron chi connectivity index (χ4n) is 3.45. The van der Waals surface area contributed by atoms with E-state index in [9.17, 15) is 8.42 Å². The van der Waals surface area contributed by atoms with Crippen molar-refractivity contribution in [3.8, 4) is 0 Å². The monoisotopic (exact) mass is 333 g/mol. The zero-order chi connectivity index (χ0) is 16.3. The smallest absolute Gasteiger partial charge is 0.241 e. The van der Waals surface area contributed by atoms with Crippen LogP contribution < -0.4 is 10.5 Å². The molecule has 3 rings (SSSR count). The van der Waals surface area contributed by atoms with Gasteiger partial charge < -0.3 is 5.73 Å². The van der Waals surface area contributed by atoms with Gasteiger partial charge in [-0.3, -0.25) is 4.98 Å². The maximum Gasteiger partial charge on any atom is 0.241 e. The molecule has 2 aromatic rings. The maximum atomic E-state index is 12.9. The number of fused-ring (bicyclic) bond motifs is 1. The number of nitrogens with two attached hydrogens (primary N) is 1. The van der Waals surface area contributed by atoms with Crippen LogP contribution in [0.15, 0.2) is 41.4 Å². The van der Waals surface area contributed by atoms with Crippen LogP contribution in [0.1, 0.15) is 32.1 Å². The summed E-state index contributed by atoms with van der Waals surface area (Å²) in [5, 5.41) is 0.641. The summed E-state index contributed by atoms with van der Waals surface area (Å²) in [5.41, 5.74) is 6.54. The van der Waals surface area contributed by atoms with Gasteiger partial charge in [-0.25, -0.2) is 13.1 Å². The van der Waals surface area contributed by atoms with Gasteiger partial charge in [0.15, 0.2) is 0 Å². The molecule has 1 aromatic heterocycles. The fourth-order valence-corrected chi connectivity index (χ4v) is 4.98. The molecule has 1 saturated carbocycles. The average molecular weight is 333 g/mol. The molecule has 3 N–H and O–H groups in total. The Labute approximate surface area is 137 Å². The van der Waals surface area contributed by atoms with Crippen molar-refractivity contribution in [2.75, 3.05) is 6.54 Å². The molecule has 0 saturated heterocycles.